The van der Waals surface area contributed by atoms with Crippen LogP contribution in [0.3, 0.4) is 0 Å². The number of hydrogen-bond acceptors (Lipinski definition) is 3. The topological polar surface area (TPSA) is 46.5 Å². The van der Waals surface area contributed by atoms with Gasteiger partial charge in [0.15, 0.2) is 0 Å². The summed E-state index contributed by atoms with van der Waals surface area (Å²) in [6, 6.07) is 7.28. The summed E-state index contributed by atoms with van der Waals surface area (Å²) in [5, 5.41) is 9.42. The van der Waals surface area contributed by atoms with E-state index in [-0.39, 0.29) is 23.6 Å². The first kappa shape index (κ1) is 14.6. The van der Waals surface area contributed by atoms with E-state index < -0.39 is 0 Å². The zero-order valence-corrected chi connectivity index (χ0v) is 12.1. The number of carbonyl (C=O) groups excluding carboxylic acids is 1. The lowest BCUT2D eigenvalue weighted by Crippen LogP contribution is -2.29. The lowest BCUT2D eigenvalue weighted by Gasteiger charge is -2.36. The summed E-state index contributed by atoms with van der Waals surface area (Å²) in [6.07, 6.45) is 2.61. The third kappa shape index (κ3) is 3.03. The van der Waals surface area contributed by atoms with Crippen LogP contribution >= 0.6 is 0 Å². The molecule has 0 heterocycles. The molecule has 3 nitrogen and oxygen atoms in total. The number of carbonyl (C=O) groups is 1. The van der Waals surface area contributed by atoms with E-state index in [1.165, 1.54) is 7.11 Å². The Labute approximate surface area is 120 Å². The van der Waals surface area contributed by atoms with Gasteiger partial charge in [-0.15, -0.1) is 0 Å². The number of ether oxygens (including phenoxy) is 1. The average molecular weight is 274 g/mol. The fraction of sp³-hybridized carbons (Fsp3) is 0.471. The maximum absolute atomic E-state index is 11.8. The van der Waals surface area contributed by atoms with E-state index in [1.54, 1.807) is 12.1 Å². The number of rotatable bonds is 3. The molecule has 1 N–H and O–H groups in total. The highest BCUT2D eigenvalue weighted by molar-refractivity contribution is 5.72. The van der Waals surface area contributed by atoms with E-state index in [4.69, 9.17) is 4.74 Å². The molecule has 1 aliphatic rings. The van der Waals surface area contributed by atoms with Crippen molar-refractivity contribution in [2.45, 2.75) is 32.1 Å². The van der Waals surface area contributed by atoms with Crippen LogP contribution in [0.2, 0.25) is 0 Å². The Kier molecular flexibility index (Phi) is 4.48. The van der Waals surface area contributed by atoms with Crippen LogP contribution in [0.15, 0.2) is 36.4 Å². The Morgan fingerprint density at radius 1 is 1.30 bits per heavy atom. The monoisotopic (exact) mass is 274 g/mol. The van der Waals surface area contributed by atoms with Gasteiger partial charge >= 0.3 is 5.97 Å². The molecular weight excluding hydrogens is 252 g/mol. The molecule has 1 fully saturated rings. The third-order valence-corrected chi connectivity index (χ3v) is 4.34. The first-order chi connectivity index (χ1) is 9.52. The molecule has 0 saturated heterocycles. The molecule has 3 heteroatoms. The highest BCUT2D eigenvalue weighted by Crippen LogP contribution is 2.44. The summed E-state index contributed by atoms with van der Waals surface area (Å²) in [6.45, 7) is 6.15. The zero-order chi connectivity index (χ0) is 14.7. The van der Waals surface area contributed by atoms with Crippen molar-refractivity contribution in [1.82, 2.24) is 0 Å². The van der Waals surface area contributed by atoms with Crippen LogP contribution in [-0.4, -0.2) is 18.2 Å². The van der Waals surface area contributed by atoms with Gasteiger partial charge in [0.1, 0.15) is 5.75 Å². The number of phenolic OH excluding ortho intramolecular Hbond substituents is 1. The Morgan fingerprint density at radius 2 is 1.95 bits per heavy atom. The summed E-state index contributed by atoms with van der Waals surface area (Å²) in [5.74, 6) is 0.774. The second-order valence-electron chi connectivity index (χ2n) is 5.68. The van der Waals surface area contributed by atoms with Crippen molar-refractivity contribution in [2.24, 2.45) is 11.8 Å². The van der Waals surface area contributed by atoms with Crippen molar-refractivity contribution in [1.29, 1.82) is 0 Å². The fourth-order valence-corrected chi connectivity index (χ4v) is 3.23. The minimum atomic E-state index is -0.117. The summed E-state index contributed by atoms with van der Waals surface area (Å²) < 4.78 is 4.89. The molecule has 2 rings (SSSR count). The maximum Gasteiger partial charge on any atom is 0.308 e. The fourth-order valence-electron chi connectivity index (χ4n) is 3.23. The molecule has 0 bridgehead atoms. The molecule has 3 atom stereocenters. The molecule has 0 unspecified atom stereocenters. The smallest absolute Gasteiger partial charge is 0.308 e. The van der Waals surface area contributed by atoms with Crippen molar-refractivity contribution in [3.8, 4) is 5.75 Å². The van der Waals surface area contributed by atoms with Crippen molar-refractivity contribution < 1.29 is 14.6 Å². The second kappa shape index (κ2) is 6.12. The quantitative estimate of drug-likeness (QED) is 0.676. The predicted molar refractivity (Wildman–Crippen MR) is 78.5 cm³/mol. The first-order valence-corrected chi connectivity index (χ1v) is 7.05. The number of allylic oxidation sites excluding steroid dienone is 1. The summed E-state index contributed by atoms with van der Waals surface area (Å²) >= 11 is 0. The van der Waals surface area contributed by atoms with Crippen molar-refractivity contribution in [3.05, 3.63) is 42.0 Å². The van der Waals surface area contributed by atoms with Gasteiger partial charge in [-0.1, -0.05) is 24.3 Å². The van der Waals surface area contributed by atoms with Crippen LogP contribution in [0.1, 0.15) is 37.7 Å². The van der Waals surface area contributed by atoms with Crippen LogP contribution in [0, 0.1) is 11.8 Å². The Hall–Kier alpha value is -1.77. The van der Waals surface area contributed by atoms with Crippen LogP contribution in [-0.2, 0) is 9.53 Å². The van der Waals surface area contributed by atoms with E-state index in [2.05, 4.69) is 13.5 Å². The number of esters is 1. The van der Waals surface area contributed by atoms with Crippen LogP contribution in [0.25, 0.3) is 0 Å². The van der Waals surface area contributed by atoms with Crippen molar-refractivity contribution in [3.63, 3.8) is 0 Å². The van der Waals surface area contributed by atoms with E-state index in [0.717, 1.165) is 30.4 Å². The second-order valence-corrected chi connectivity index (χ2v) is 5.68. The highest BCUT2D eigenvalue weighted by atomic mass is 16.5. The first-order valence-electron chi connectivity index (χ1n) is 7.05. The van der Waals surface area contributed by atoms with Gasteiger partial charge < -0.3 is 9.84 Å². The summed E-state index contributed by atoms with van der Waals surface area (Å²) in [5.41, 5.74) is 2.32. The highest BCUT2D eigenvalue weighted by Gasteiger charge is 2.35. The summed E-state index contributed by atoms with van der Waals surface area (Å²) in [4.78, 5) is 11.8. The molecule has 0 radical (unpaired) electrons. The van der Waals surface area contributed by atoms with Gasteiger partial charge in [0.05, 0.1) is 13.0 Å². The van der Waals surface area contributed by atoms with E-state index in [0.29, 0.717) is 5.92 Å². The average Bonchev–Trinajstić information content (AvgIpc) is 2.46. The van der Waals surface area contributed by atoms with Gasteiger partial charge in [-0.3, -0.25) is 4.79 Å². The molecule has 1 saturated carbocycles. The standard InChI is InChI=1S/C17H22O3/c1-11(2)15-9-6-13(17(19)20-3)10-16(15)12-4-7-14(18)8-5-12/h4-5,7-8,13,15-16,18H,1,6,9-10H2,2-3H3/t13-,15+,16+/m1/s1. The number of hydrogen-bond donors (Lipinski definition) is 1. The minimum absolute atomic E-state index is 0.0330. The molecule has 0 amide bonds. The van der Waals surface area contributed by atoms with Gasteiger partial charge in [0.2, 0.25) is 0 Å². The van der Waals surface area contributed by atoms with Crippen LogP contribution in [0.4, 0.5) is 0 Å². The molecule has 20 heavy (non-hydrogen) atoms. The molecule has 1 aromatic rings. The van der Waals surface area contributed by atoms with Gasteiger partial charge in [0, 0.05) is 0 Å². The van der Waals surface area contributed by atoms with Crippen molar-refractivity contribution >= 4 is 5.97 Å². The molecule has 1 aromatic carbocycles. The number of methoxy groups -OCH3 is 1. The molecule has 0 aromatic heterocycles. The Morgan fingerprint density at radius 3 is 2.50 bits per heavy atom. The van der Waals surface area contributed by atoms with Crippen LogP contribution in [0.5, 0.6) is 5.75 Å². The lowest BCUT2D eigenvalue weighted by molar-refractivity contribution is -0.147. The largest absolute Gasteiger partial charge is 0.508 e. The van der Waals surface area contributed by atoms with Gasteiger partial charge in [-0.25, -0.2) is 0 Å². The van der Waals surface area contributed by atoms with Gasteiger partial charge in [0.25, 0.3) is 0 Å². The normalized spacial score (nSPS) is 26.0. The minimum Gasteiger partial charge on any atom is -0.508 e. The van der Waals surface area contributed by atoms with Gasteiger partial charge in [-0.05, 0) is 55.7 Å². The molecule has 0 spiro atoms. The SMILES string of the molecule is C=C(C)[C@@H]1CC[C@@H](C(=O)OC)C[C@H]1c1ccc(O)cc1. The predicted octanol–water partition coefficient (Wildman–Crippen LogP) is 3.64. The maximum atomic E-state index is 11.8. The van der Waals surface area contributed by atoms with E-state index in [1.807, 2.05) is 12.1 Å². The molecule has 108 valence electrons. The van der Waals surface area contributed by atoms with Crippen molar-refractivity contribution in [2.75, 3.05) is 7.11 Å². The third-order valence-electron chi connectivity index (χ3n) is 4.34. The van der Waals surface area contributed by atoms with E-state index in [9.17, 15) is 9.90 Å². The zero-order valence-electron chi connectivity index (χ0n) is 12.1. The molecule has 1 aliphatic carbocycles. The lowest BCUT2D eigenvalue weighted by atomic mass is 9.69. The van der Waals surface area contributed by atoms with Crippen LogP contribution < -0.4 is 0 Å². The van der Waals surface area contributed by atoms with Gasteiger partial charge in [-0.2, -0.15) is 0 Å². The molecular formula is C17H22O3. The number of phenols is 1. The number of aromatic hydroxyl groups is 1. The Balaban J connectivity index is 2.25. The Bertz CT molecular complexity index is 489. The number of benzene rings is 1. The van der Waals surface area contributed by atoms with E-state index >= 15 is 0 Å². The summed E-state index contributed by atoms with van der Waals surface area (Å²) in [7, 11) is 1.45. The molecule has 0 aliphatic heterocycles.